The lowest BCUT2D eigenvalue weighted by atomic mass is 10.0. The Morgan fingerprint density at radius 1 is 1.05 bits per heavy atom. The van der Waals surface area contributed by atoms with Crippen molar-refractivity contribution in [3.05, 3.63) is 62.0 Å². The highest BCUT2D eigenvalue weighted by molar-refractivity contribution is 9.10. The Kier molecular flexibility index (Phi) is 5.18. The summed E-state index contributed by atoms with van der Waals surface area (Å²) in [5.74, 6) is 0.769. The summed E-state index contributed by atoms with van der Waals surface area (Å²) in [7, 11) is 1.63. The topological polar surface area (TPSA) is 9.23 Å². The summed E-state index contributed by atoms with van der Waals surface area (Å²) in [6.45, 7) is 0. The average Bonchev–Trinajstić information content (AvgIpc) is 2.38. The maximum atomic E-state index is 6.28. The van der Waals surface area contributed by atoms with Crippen LogP contribution in [-0.4, -0.2) is 7.11 Å². The predicted octanol–water partition coefficient (Wildman–Crippen LogP) is 6.25. The lowest BCUT2D eigenvalue weighted by molar-refractivity contribution is 0.410. The summed E-state index contributed by atoms with van der Waals surface area (Å²) in [6, 6.07) is 11.3. The number of alkyl halides is 1. The standard InChI is InChI=1S/C14H10Br2Cl2O/c1-19-13-5-3-9(17)7-11(13)14(16)10-4-2-8(15)6-12(10)18/h2-7,14H,1H3. The Morgan fingerprint density at radius 3 is 2.42 bits per heavy atom. The molecule has 0 amide bonds. The van der Waals surface area contributed by atoms with Gasteiger partial charge in [-0.2, -0.15) is 0 Å². The van der Waals surface area contributed by atoms with Crippen LogP contribution in [0.1, 0.15) is 16.0 Å². The third-order valence-corrected chi connectivity index (χ3v) is 4.74. The van der Waals surface area contributed by atoms with Crippen molar-refractivity contribution in [2.24, 2.45) is 0 Å². The Bertz CT molecular complexity index is 602. The molecule has 0 aliphatic carbocycles. The third kappa shape index (κ3) is 3.46. The predicted molar refractivity (Wildman–Crippen MR) is 87.9 cm³/mol. The molecule has 5 heteroatoms. The SMILES string of the molecule is COc1ccc(Cl)cc1C(Br)c1ccc(Br)cc1Cl. The monoisotopic (exact) mass is 422 g/mol. The lowest BCUT2D eigenvalue weighted by Crippen LogP contribution is -1.98. The van der Waals surface area contributed by atoms with E-state index in [0.717, 1.165) is 21.3 Å². The molecule has 0 aromatic heterocycles. The van der Waals surface area contributed by atoms with Crippen LogP contribution in [0.25, 0.3) is 0 Å². The molecule has 0 aliphatic rings. The Balaban J connectivity index is 2.49. The van der Waals surface area contributed by atoms with E-state index in [2.05, 4.69) is 31.9 Å². The van der Waals surface area contributed by atoms with Gasteiger partial charge in [0.1, 0.15) is 5.75 Å². The van der Waals surface area contributed by atoms with Crippen LogP contribution in [0.3, 0.4) is 0 Å². The van der Waals surface area contributed by atoms with E-state index in [4.69, 9.17) is 27.9 Å². The molecule has 19 heavy (non-hydrogen) atoms. The number of ether oxygens (including phenoxy) is 1. The van der Waals surface area contributed by atoms with Crippen LogP contribution in [0.4, 0.5) is 0 Å². The molecule has 2 aromatic rings. The minimum Gasteiger partial charge on any atom is -0.496 e. The Hall–Kier alpha value is -0.220. The maximum absolute atomic E-state index is 6.28. The van der Waals surface area contributed by atoms with E-state index in [1.165, 1.54) is 0 Å². The van der Waals surface area contributed by atoms with Gasteiger partial charge in [0.2, 0.25) is 0 Å². The normalized spacial score (nSPS) is 12.3. The second-order valence-corrected chi connectivity index (χ2v) is 6.59. The molecule has 0 fully saturated rings. The summed E-state index contributed by atoms with van der Waals surface area (Å²) in [5.41, 5.74) is 1.91. The third-order valence-electron chi connectivity index (χ3n) is 2.70. The van der Waals surface area contributed by atoms with Crippen LogP contribution < -0.4 is 4.74 Å². The molecule has 0 spiro atoms. The number of halogens is 4. The fourth-order valence-corrected chi connectivity index (χ4v) is 3.63. The van der Waals surface area contributed by atoms with E-state index in [1.807, 2.05) is 30.3 Å². The number of rotatable bonds is 3. The fourth-order valence-electron chi connectivity index (χ4n) is 1.78. The zero-order chi connectivity index (χ0) is 14.0. The minimum atomic E-state index is -0.0817. The van der Waals surface area contributed by atoms with E-state index in [9.17, 15) is 0 Å². The first kappa shape index (κ1) is 15.2. The molecule has 0 aliphatic heterocycles. The van der Waals surface area contributed by atoms with Gasteiger partial charge in [-0.05, 0) is 35.9 Å². The smallest absolute Gasteiger partial charge is 0.123 e. The molecule has 1 nitrogen and oxygen atoms in total. The molecular formula is C14H10Br2Cl2O. The van der Waals surface area contributed by atoms with Crippen molar-refractivity contribution in [2.45, 2.75) is 4.83 Å². The fraction of sp³-hybridized carbons (Fsp3) is 0.143. The summed E-state index contributed by atoms with van der Waals surface area (Å²) < 4.78 is 6.31. The highest BCUT2D eigenvalue weighted by atomic mass is 79.9. The van der Waals surface area contributed by atoms with Gasteiger partial charge in [-0.3, -0.25) is 0 Å². The molecule has 0 N–H and O–H groups in total. The molecule has 0 saturated heterocycles. The van der Waals surface area contributed by atoms with Crippen LogP contribution in [0.2, 0.25) is 10.0 Å². The number of benzene rings is 2. The molecule has 2 rings (SSSR count). The van der Waals surface area contributed by atoms with Gasteiger partial charge in [0.25, 0.3) is 0 Å². The van der Waals surface area contributed by atoms with Gasteiger partial charge in [0, 0.05) is 20.1 Å². The highest BCUT2D eigenvalue weighted by Crippen LogP contribution is 2.41. The highest BCUT2D eigenvalue weighted by Gasteiger charge is 2.18. The van der Waals surface area contributed by atoms with Gasteiger partial charge in [-0.25, -0.2) is 0 Å². The second kappa shape index (κ2) is 6.49. The molecule has 1 atom stereocenters. The summed E-state index contributed by atoms with van der Waals surface area (Å²) in [6.07, 6.45) is 0. The molecule has 0 radical (unpaired) electrons. The lowest BCUT2D eigenvalue weighted by Gasteiger charge is -2.16. The van der Waals surface area contributed by atoms with Crippen LogP contribution in [0.15, 0.2) is 40.9 Å². The van der Waals surface area contributed by atoms with Crippen LogP contribution >= 0.6 is 55.1 Å². The average molecular weight is 425 g/mol. The van der Waals surface area contributed by atoms with Crippen molar-refractivity contribution in [1.82, 2.24) is 0 Å². The number of hydrogen-bond donors (Lipinski definition) is 0. The van der Waals surface area contributed by atoms with E-state index < -0.39 is 0 Å². The van der Waals surface area contributed by atoms with Gasteiger partial charge < -0.3 is 4.74 Å². The van der Waals surface area contributed by atoms with Gasteiger partial charge >= 0.3 is 0 Å². The molecule has 2 aromatic carbocycles. The zero-order valence-corrected chi connectivity index (χ0v) is 14.6. The van der Waals surface area contributed by atoms with Crippen molar-refractivity contribution in [3.8, 4) is 5.75 Å². The second-order valence-electron chi connectivity index (χ2n) is 3.91. The summed E-state index contributed by atoms with van der Waals surface area (Å²) in [4.78, 5) is -0.0817. The van der Waals surface area contributed by atoms with E-state index in [1.54, 1.807) is 13.2 Å². The molecule has 0 heterocycles. The first-order chi connectivity index (χ1) is 9.02. The number of hydrogen-bond acceptors (Lipinski definition) is 1. The van der Waals surface area contributed by atoms with Crippen LogP contribution in [-0.2, 0) is 0 Å². The number of methoxy groups -OCH3 is 1. The van der Waals surface area contributed by atoms with Crippen molar-refractivity contribution >= 4 is 55.1 Å². The van der Waals surface area contributed by atoms with Crippen molar-refractivity contribution in [2.75, 3.05) is 7.11 Å². The van der Waals surface area contributed by atoms with E-state index in [0.29, 0.717) is 10.0 Å². The summed E-state index contributed by atoms with van der Waals surface area (Å²) >= 11 is 19.4. The molecule has 0 bridgehead atoms. The van der Waals surface area contributed by atoms with Crippen molar-refractivity contribution in [3.63, 3.8) is 0 Å². The van der Waals surface area contributed by atoms with E-state index >= 15 is 0 Å². The Labute approximate surface area is 139 Å². The largest absolute Gasteiger partial charge is 0.496 e. The first-order valence-electron chi connectivity index (χ1n) is 5.45. The van der Waals surface area contributed by atoms with Crippen LogP contribution in [0, 0.1) is 0 Å². The van der Waals surface area contributed by atoms with Crippen molar-refractivity contribution < 1.29 is 4.74 Å². The molecule has 0 saturated carbocycles. The first-order valence-corrected chi connectivity index (χ1v) is 7.92. The minimum absolute atomic E-state index is 0.0817. The van der Waals surface area contributed by atoms with Gasteiger partial charge in [0.15, 0.2) is 0 Å². The zero-order valence-electron chi connectivity index (χ0n) is 9.96. The van der Waals surface area contributed by atoms with Gasteiger partial charge in [0.05, 0.1) is 11.9 Å². The molecular weight excluding hydrogens is 415 g/mol. The van der Waals surface area contributed by atoms with Gasteiger partial charge in [-0.15, -0.1) is 0 Å². The quantitative estimate of drug-likeness (QED) is 0.529. The Morgan fingerprint density at radius 2 is 1.79 bits per heavy atom. The van der Waals surface area contributed by atoms with E-state index in [-0.39, 0.29) is 4.83 Å². The van der Waals surface area contributed by atoms with Gasteiger partial charge in [-0.1, -0.05) is 61.1 Å². The maximum Gasteiger partial charge on any atom is 0.123 e. The molecule has 1 unspecified atom stereocenters. The van der Waals surface area contributed by atoms with Crippen LogP contribution in [0.5, 0.6) is 5.75 Å². The molecule has 100 valence electrons. The summed E-state index contributed by atoms with van der Waals surface area (Å²) in [5, 5.41) is 1.34. The van der Waals surface area contributed by atoms with Crippen molar-refractivity contribution in [1.29, 1.82) is 0 Å².